The van der Waals surface area contributed by atoms with Gasteiger partial charge in [-0.25, -0.2) is 0 Å². The molecule has 2 nitrogen and oxygen atoms in total. The highest BCUT2D eigenvalue weighted by molar-refractivity contribution is 9.10. The van der Waals surface area contributed by atoms with E-state index < -0.39 is 6.10 Å². The van der Waals surface area contributed by atoms with E-state index in [1.54, 1.807) is 18.4 Å². The van der Waals surface area contributed by atoms with Gasteiger partial charge in [-0.2, -0.15) is 11.3 Å². The molecule has 0 aliphatic carbocycles. The van der Waals surface area contributed by atoms with E-state index in [2.05, 4.69) is 32.8 Å². The smallest absolute Gasteiger partial charge is 0.133 e. The maximum atomic E-state index is 10.1. The molecule has 0 saturated carbocycles. The molecular weight excluding hydrogens is 312 g/mol. The first-order valence-electron chi connectivity index (χ1n) is 5.73. The number of halogens is 1. The van der Waals surface area contributed by atoms with Crippen LogP contribution in [0.1, 0.15) is 23.7 Å². The van der Waals surface area contributed by atoms with Gasteiger partial charge in [0.25, 0.3) is 0 Å². The topological polar surface area (TPSA) is 29.5 Å². The van der Waals surface area contributed by atoms with Gasteiger partial charge in [0.1, 0.15) is 5.75 Å². The van der Waals surface area contributed by atoms with Crippen molar-refractivity contribution in [2.24, 2.45) is 0 Å². The predicted octanol–water partition coefficient (Wildman–Crippen LogP) is 4.19. The monoisotopic (exact) mass is 326 g/mol. The zero-order valence-corrected chi connectivity index (χ0v) is 12.5. The van der Waals surface area contributed by atoms with Crippen molar-refractivity contribution in [1.82, 2.24) is 0 Å². The maximum absolute atomic E-state index is 10.1. The molecule has 4 heteroatoms. The highest BCUT2D eigenvalue weighted by Crippen LogP contribution is 2.29. The van der Waals surface area contributed by atoms with Crippen LogP contribution in [-0.2, 0) is 6.42 Å². The van der Waals surface area contributed by atoms with E-state index in [9.17, 15) is 5.11 Å². The molecule has 96 valence electrons. The van der Waals surface area contributed by atoms with Crippen LogP contribution < -0.4 is 4.74 Å². The maximum Gasteiger partial charge on any atom is 0.133 e. The average Bonchev–Trinajstić information content (AvgIpc) is 2.89. The van der Waals surface area contributed by atoms with Gasteiger partial charge >= 0.3 is 0 Å². The molecule has 0 aliphatic rings. The summed E-state index contributed by atoms with van der Waals surface area (Å²) >= 11 is 5.12. The number of rotatable bonds is 5. The third-order valence-corrected chi connectivity index (χ3v) is 4.20. The van der Waals surface area contributed by atoms with Gasteiger partial charge in [-0.05, 0) is 68.9 Å². The van der Waals surface area contributed by atoms with Gasteiger partial charge in [-0.3, -0.25) is 0 Å². The second-order valence-corrected chi connectivity index (χ2v) is 5.71. The molecule has 1 heterocycles. The Hall–Kier alpha value is -0.840. The van der Waals surface area contributed by atoms with Gasteiger partial charge < -0.3 is 9.84 Å². The molecule has 0 amide bonds. The van der Waals surface area contributed by atoms with E-state index in [0.717, 1.165) is 28.6 Å². The van der Waals surface area contributed by atoms with Crippen molar-refractivity contribution in [3.63, 3.8) is 0 Å². The standard InChI is InChI=1S/C14H15BrO2S/c1-17-14-5-3-11(8-12(14)15)13(16)4-2-10-6-7-18-9-10/h3,5-9,13,16H,2,4H2,1H3. The van der Waals surface area contributed by atoms with Crippen LogP contribution >= 0.6 is 27.3 Å². The fraction of sp³-hybridized carbons (Fsp3) is 0.286. The highest BCUT2D eigenvalue weighted by Gasteiger charge is 2.10. The van der Waals surface area contributed by atoms with Crippen molar-refractivity contribution in [1.29, 1.82) is 0 Å². The van der Waals surface area contributed by atoms with E-state index >= 15 is 0 Å². The Balaban J connectivity index is 2.00. The van der Waals surface area contributed by atoms with Crippen LogP contribution in [0.2, 0.25) is 0 Å². The lowest BCUT2D eigenvalue weighted by Gasteiger charge is -2.12. The Labute approximate surface area is 119 Å². The summed E-state index contributed by atoms with van der Waals surface area (Å²) in [7, 11) is 1.63. The van der Waals surface area contributed by atoms with E-state index in [0.29, 0.717) is 0 Å². The summed E-state index contributed by atoms with van der Waals surface area (Å²) in [5, 5.41) is 14.3. The molecule has 0 bridgehead atoms. The van der Waals surface area contributed by atoms with Crippen molar-refractivity contribution in [3.05, 3.63) is 50.6 Å². The first-order chi connectivity index (χ1) is 8.70. The van der Waals surface area contributed by atoms with E-state index in [1.807, 2.05) is 18.2 Å². The summed E-state index contributed by atoms with van der Waals surface area (Å²) in [6.45, 7) is 0. The molecule has 0 fully saturated rings. The van der Waals surface area contributed by atoms with Crippen LogP contribution in [0.25, 0.3) is 0 Å². The number of hydrogen-bond donors (Lipinski definition) is 1. The van der Waals surface area contributed by atoms with Crippen molar-refractivity contribution in [2.45, 2.75) is 18.9 Å². The fourth-order valence-electron chi connectivity index (χ4n) is 1.79. The van der Waals surface area contributed by atoms with Gasteiger partial charge in [0.2, 0.25) is 0 Å². The molecule has 2 aromatic rings. The van der Waals surface area contributed by atoms with Crippen molar-refractivity contribution in [2.75, 3.05) is 7.11 Å². The third-order valence-electron chi connectivity index (χ3n) is 2.85. The first kappa shape index (κ1) is 13.6. The number of thiophene rings is 1. The van der Waals surface area contributed by atoms with Crippen LogP contribution in [0.15, 0.2) is 39.5 Å². The van der Waals surface area contributed by atoms with Crippen molar-refractivity contribution < 1.29 is 9.84 Å². The molecular formula is C14H15BrO2S. The summed E-state index contributed by atoms with van der Waals surface area (Å²) in [5.74, 6) is 0.781. The first-order valence-corrected chi connectivity index (χ1v) is 7.47. The van der Waals surface area contributed by atoms with Gasteiger partial charge in [0.15, 0.2) is 0 Å². The molecule has 2 rings (SSSR count). The number of aliphatic hydroxyl groups is 1. The minimum Gasteiger partial charge on any atom is -0.496 e. The zero-order chi connectivity index (χ0) is 13.0. The average molecular weight is 327 g/mol. The molecule has 1 aromatic carbocycles. The van der Waals surface area contributed by atoms with Crippen LogP contribution in [0.5, 0.6) is 5.75 Å². The molecule has 1 N–H and O–H groups in total. The minimum absolute atomic E-state index is 0.438. The summed E-state index contributed by atoms with van der Waals surface area (Å²) in [6.07, 6.45) is 1.19. The Kier molecular flexibility index (Phi) is 4.80. The molecule has 1 aromatic heterocycles. The fourth-order valence-corrected chi connectivity index (χ4v) is 3.06. The number of methoxy groups -OCH3 is 1. The Morgan fingerprint density at radius 1 is 1.39 bits per heavy atom. The summed E-state index contributed by atoms with van der Waals surface area (Å²) < 4.78 is 6.04. The van der Waals surface area contributed by atoms with Crippen molar-refractivity contribution in [3.8, 4) is 5.75 Å². The van der Waals surface area contributed by atoms with E-state index in [1.165, 1.54) is 5.56 Å². The van der Waals surface area contributed by atoms with Crippen molar-refractivity contribution >= 4 is 27.3 Å². The number of aliphatic hydroxyl groups excluding tert-OH is 1. The van der Waals surface area contributed by atoms with E-state index in [4.69, 9.17) is 4.74 Å². The van der Waals surface area contributed by atoms with Gasteiger partial charge in [0, 0.05) is 0 Å². The largest absolute Gasteiger partial charge is 0.496 e. The third kappa shape index (κ3) is 3.34. The Bertz CT molecular complexity index is 497. The van der Waals surface area contributed by atoms with Gasteiger partial charge in [-0.1, -0.05) is 6.07 Å². The summed E-state index contributed by atoms with van der Waals surface area (Å²) in [4.78, 5) is 0. The van der Waals surface area contributed by atoms with Crippen LogP contribution in [0, 0.1) is 0 Å². The second-order valence-electron chi connectivity index (χ2n) is 4.08. The van der Waals surface area contributed by atoms with Crippen LogP contribution in [-0.4, -0.2) is 12.2 Å². The summed E-state index contributed by atoms with van der Waals surface area (Å²) in [6, 6.07) is 7.79. The van der Waals surface area contributed by atoms with Crippen LogP contribution in [0.3, 0.4) is 0 Å². The quantitative estimate of drug-likeness (QED) is 0.892. The number of aryl methyl sites for hydroxylation is 1. The SMILES string of the molecule is COc1ccc(C(O)CCc2ccsc2)cc1Br. The Morgan fingerprint density at radius 3 is 2.83 bits per heavy atom. The number of benzene rings is 1. The van der Waals surface area contributed by atoms with Gasteiger partial charge in [0.05, 0.1) is 17.7 Å². The lowest BCUT2D eigenvalue weighted by Crippen LogP contribution is -1.99. The highest BCUT2D eigenvalue weighted by atomic mass is 79.9. The zero-order valence-electron chi connectivity index (χ0n) is 10.1. The minimum atomic E-state index is -0.438. The molecule has 0 saturated heterocycles. The normalized spacial score (nSPS) is 12.4. The molecule has 0 radical (unpaired) electrons. The van der Waals surface area contributed by atoms with Gasteiger partial charge in [-0.15, -0.1) is 0 Å². The summed E-state index contributed by atoms with van der Waals surface area (Å²) in [5.41, 5.74) is 2.20. The predicted molar refractivity (Wildman–Crippen MR) is 78.3 cm³/mol. The van der Waals surface area contributed by atoms with Crippen LogP contribution in [0.4, 0.5) is 0 Å². The number of ether oxygens (including phenoxy) is 1. The molecule has 18 heavy (non-hydrogen) atoms. The number of hydrogen-bond acceptors (Lipinski definition) is 3. The van der Waals surface area contributed by atoms with E-state index in [-0.39, 0.29) is 0 Å². The molecule has 0 spiro atoms. The molecule has 1 unspecified atom stereocenters. The Morgan fingerprint density at radius 2 is 2.22 bits per heavy atom. The lowest BCUT2D eigenvalue weighted by atomic mass is 10.0. The molecule has 1 atom stereocenters. The molecule has 0 aliphatic heterocycles. The second kappa shape index (κ2) is 6.36. The lowest BCUT2D eigenvalue weighted by molar-refractivity contribution is 0.167.